The first-order valence-electron chi connectivity index (χ1n) is 11.1. The molecule has 3 heterocycles. The summed E-state index contributed by atoms with van der Waals surface area (Å²) in [5.41, 5.74) is 7.58. The zero-order chi connectivity index (χ0) is 21.8. The van der Waals surface area contributed by atoms with Gasteiger partial charge in [0.05, 0.1) is 38.1 Å². The van der Waals surface area contributed by atoms with Crippen LogP contribution in [0, 0.1) is 0 Å². The average Bonchev–Trinajstić information content (AvgIpc) is 3.25. The Balaban J connectivity index is 1.45. The molecule has 2 aliphatic heterocycles. The molecule has 162 valence electrons. The van der Waals surface area contributed by atoms with Crippen LogP contribution in [0.1, 0.15) is 23.2 Å². The fourth-order valence-electron chi connectivity index (χ4n) is 4.51. The molecule has 0 N–H and O–H groups in total. The smallest absolute Gasteiger partial charge is 0.119 e. The lowest BCUT2D eigenvalue weighted by molar-refractivity contribution is 0.311. The summed E-state index contributed by atoms with van der Waals surface area (Å²) in [6.45, 7) is 3.45. The molecular formula is C27H28N4O. The second kappa shape index (κ2) is 9.27. The molecule has 0 saturated carbocycles. The molecule has 5 heteroatoms. The van der Waals surface area contributed by atoms with E-state index in [-0.39, 0.29) is 0 Å². The van der Waals surface area contributed by atoms with Crippen LogP contribution in [0.4, 0.5) is 0 Å². The van der Waals surface area contributed by atoms with Crippen molar-refractivity contribution in [1.29, 1.82) is 0 Å². The molecule has 0 aliphatic carbocycles. The zero-order valence-electron chi connectivity index (χ0n) is 18.4. The SMILES string of the molecule is COc1cccc(CC2=C3CN(Cc4ccccc4)N=C3CCN2Cc2ccccn2)c1. The number of pyridine rings is 1. The van der Waals surface area contributed by atoms with Crippen LogP contribution in [0.25, 0.3) is 0 Å². The van der Waals surface area contributed by atoms with Crippen molar-refractivity contribution < 1.29 is 4.74 Å². The Kier molecular flexibility index (Phi) is 5.88. The van der Waals surface area contributed by atoms with Crippen LogP contribution in [0.3, 0.4) is 0 Å². The summed E-state index contributed by atoms with van der Waals surface area (Å²) in [4.78, 5) is 7.06. The Morgan fingerprint density at radius 1 is 0.906 bits per heavy atom. The van der Waals surface area contributed by atoms with E-state index in [4.69, 9.17) is 9.84 Å². The molecule has 0 fully saturated rings. The van der Waals surface area contributed by atoms with E-state index in [1.54, 1.807) is 7.11 Å². The van der Waals surface area contributed by atoms with Crippen molar-refractivity contribution in [2.75, 3.05) is 20.2 Å². The number of benzene rings is 2. The van der Waals surface area contributed by atoms with Gasteiger partial charge in [0, 0.05) is 36.9 Å². The van der Waals surface area contributed by atoms with Crippen LogP contribution in [0.15, 0.2) is 95.4 Å². The number of methoxy groups -OCH3 is 1. The molecular weight excluding hydrogens is 396 g/mol. The van der Waals surface area contributed by atoms with E-state index >= 15 is 0 Å². The van der Waals surface area contributed by atoms with E-state index < -0.39 is 0 Å². The monoisotopic (exact) mass is 424 g/mol. The maximum absolute atomic E-state index is 5.46. The quantitative estimate of drug-likeness (QED) is 0.553. The number of hydrogen-bond donors (Lipinski definition) is 0. The summed E-state index contributed by atoms with van der Waals surface area (Å²) in [7, 11) is 1.72. The van der Waals surface area contributed by atoms with Crippen LogP contribution in [-0.4, -0.2) is 40.8 Å². The maximum atomic E-state index is 5.46. The van der Waals surface area contributed by atoms with Crippen molar-refractivity contribution in [2.24, 2.45) is 5.10 Å². The van der Waals surface area contributed by atoms with Gasteiger partial charge in [0.15, 0.2) is 0 Å². The third-order valence-electron chi connectivity index (χ3n) is 6.09. The molecule has 1 aromatic heterocycles. The fraction of sp³-hybridized carbons (Fsp3) is 0.259. The predicted molar refractivity (Wildman–Crippen MR) is 127 cm³/mol. The second-order valence-electron chi connectivity index (χ2n) is 8.30. The molecule has 32 heavy (non-hydrogen) atoms. The van der Waals surface area contributed by atoms with Gasteiger partial charge in [-0.1, -0.05) is 48.5 Å². The van der Waals surface area contributed by atoms with Crippen molar-refractivity contribution in [3.63, 3.8) is 0 Å². The number of nitrogens with zero attached hydrogens (tertiary/aromatic N) is 4. The molecule has 2 aliphatic rings. The number of hydrazone groups is 1. The molecule has 0 amide bonds. The second-order valence-corrected chi connectivity index (χ2v) is 8.30. The third kappa shape index (κ3) is 4.52. The van der Waals surface area contributed by atoms with Gasteiger partial charge >= 0.3 is 0 Å². The van der Waals surface area contributed by atoms with Gasteiger partial charge in [-0.15, -0.1) is 0 Å². The van der Waals surface area contributed by atoms with Gasteiger partial charge in [0.1, 0.15) is 5.75 Å². The topological polar surface area (TPSA) is 41.0 Å². The van der Waals surface area contributed by atoms with Gasteiger partial charge in [-0.3, -0.25) is 9.99 Å². The van der Waals surface area contributed by atoms with Crippen LogP contribution >= 0.6 is 0 Å². The van der Waals surface area contributed by atoms with E-state index in [0.29, 0.717) is 0 Å². The first-order chi connectivity index (χ1) is 15.8. The Morgan fingerprint density at radius 2 is 1.75 bits per heavy atom. The first-order valence-corrected chi connectivity index (χ1v) is 11.1. The summed E-state index contributed by atoms with van der Waals surface area (Å²) >= 11 is 0. The maximum Gasteiger partial charge on any atom is 0.119 e. The Labute approximate surface area is 189 Å². The largest absolute Gasteiger partial charge is 0.497 e. The molecule has 3 aromatic rings. The van der Waals surface area contributed by atoms with Gasteiger partial charge in [0.25, 0.3) is 0 Å². The Morgan fingerprint density at radius 3 is 2.56 bits per heavy atom. The van der Waals surface area contributed by atoms with Crippen LogP contribution in [0.2, 0.25) is 0 Å². The van der Waals surface area contributed by atoms with Crippen LogP contribution in [0.5, 0.6) is 5.75 Å². The minimum absolute atomic E-state index is 0.815. The van der Waals surface area contributed by atoms with Gasteiger partial charge < -0.3 is 9.64 Å². The number of hydrogen-bond acceptors (Lipinski definition) is 5. The minimum Gasteiger partial charge on any atom is -0.497 e. The van der Waals surface area contributed by atoms with Crippen molar-refractivity contribution in [2.45, 2.75) is 25.9 Å². The molecule has 0 unspecified atom stereocenters. The summed E-state index contributed by atoms with van der Waals surface area (Å²) < 4.78 is 5.46. The van der Waals surface area contributed by atoms with Gasteiger partial charge in [-0.25, -0.2) is 0 Å². The minimum atomic E-state index is 0.815. The summed E-state index contributed by atoms with van der Waals surface area (Å²) in [6, 6.07) is 25.1. The van der Waals surface area contributed by atoms with Crippen LogP contribution in [-0.2, 0) is 19.5 Å². The van der Waals surface area contributed by atoms with Gasteiger partial charge in [0.2, 0.25) is 0 Å². The zero-order valence-corrected chi connectivity index (χ0v) is 18.4. The number of ether oxygens (including phenoxy) is 1. The van der Waals surface area contributed by atoms with E-state index in [1.807, 2.05) is 18.3 Å². The van der Waals surface area contributed by atoms with Crippen molar-refractivity contribution in [3.05, 3.63) is 107 Å². The lowest BCUT2D eigenvalue weighted by Crippen LogP contribution is -2.34. The number of aromatic nitrogens is 1. The standard InChI is InChI=1S/C27H28N4O/c1-32-24-12-7-10-22(16-24)17-27-25-20-31(18-21-8-3-2-4-9-21)29-26(25)13-15-30(27)19-23-11-5-6-14-28-23/h2-12,14,16H,13,15,17-20H2,1H3. The average molecular weight is 425 g/mol. The van der Waals surface area contributed by atoms with E-state index in [0.717, 1.165) is 50.5 Å². The molecule has 5 rings (SSSR count). The van der Waals surface area contributed by atoms with Gasteiger partial charge in [-0.2, -0.15) is 5.10 Å². The molecule has 0 radical (unpaired) electrons. The van der Waals surface area contributed by atoms with Crippen molar-refractivity contribution in [3.8, 4) is 5.75 Å². The highest BCUT2D eigenvalue weighted by Gasteiger charge is 2.30. The number of rotatable bonds is 7. The third-order valence-corrected chi connectivity index (χ3v) is 6.09. The lowest BCUT2D eigenvalue weighted by Gasteiger charge is -2.33. The molecule has 5 nitrogen and oxygen atoms in total. The number of fused-ring (bicyclic) bond motifs is 1. The van der Waals surface area contributed by atoms with Gasteiger partial charge in [-0.05, 0) is 35.4 Å². The molecule has 2 aromatic carbocycles. The first kappa shape index (κ1) is 20.3. The highest BCUT2D eigenvalue weighted by Crippen LogP contribution is 2.31. The highest BCUT2D eigenvalue weighted by molar-refractivity contribution is 6.03. The normalized spacial score (nSPS) is 15.6. The van der Waals surface area contributed by atoms with E-state index in [2.05, 4.69) is 75.6 Å². The molecule has 0 spiro atoms. The Hall–Kier alpha value is -3.60. The number of allylic oxidation sites excluding steroid dienone is 1. The van der Waals surface area contributed by atoms with Crippen molar-refractivity contribution >= 4 is 5.71 Å². The summed E-state index contributed by atoms with van der Waals surface area (Å²) in [5.74, 6) is 0.895. The highest BCUT2D eigenvalue weighted by atomic mass is 16.5. The summed E-state index contributed by atoms with van der Waals surface area (Å²) in [5, 5.41) is 7.20. The van der Waals surface area contributed by atoms with E-state index in [1.165, 1.54) is 28.1 Å². The van der Waals surface area contributed by atoms with Crippen molar-refractivity contribution in [1.82, 2.24) is 14.9 Å². The predicted octanol–water partition coefficient (Wildman–Crippen LogP) is 4.66. The fourth-order valence-corrected chi connectivity index (χ4v) is 4.51. The molecule has 0 saturated heterocycles. The molecule has 0 atom stereocenters. The molecule has 0 bridgehead atoms. The lowest BCUT2D eigenvalue weighted by atomic mass is 9.95. The van der Waals surface area contributed by atoms with Crippen LogP contribution < -0.4 is 4.74 Å². The summed E-state index contributed by atoms with van der Waals surface area (Å²) in [6.07, 6.45) is 3.70. The van der Waals surface area contributed by atoms with E-state index in [9.17, 15) is 0 Å². The Bertz CT molecular complexity index is 1120.